The molecule has 1 aliphatic heterocycles. The normalized spacial score (nSPS) is 20.7. The Hall–Kier alpha value is -2.17. The Morgan fingerprint density at radius 1 is 1.25 bits per heavy atom. The van der Waals surface area contributed by atoms with Gasteiger partial charge in [0.05, 0.1) is 11.3 Å². The van der Waals surface area contributed by atoms with Crippen LogP contribution in [0.25, 0.3) is 0 Å². The number of furan rings is 1. The highest BCUT2D eigenvalue weighted by Gasteiger charge is 2.31. The lowest BCUT2D eigenvalue weighted by Crippen LogP contribution is -2.39. The van der Waals surface area contributed by atoms with Crippen molar-refractivity contribution in [3.63, 3.8) is 0 Å². The Bertz CT molecular complexity index is 739. The number of likely N-dealkylation sites (tertiary alicyclic amines) is 1. The zero-order valence-electron chi connectivity index (χ0n) is 14.1. The quantitative estimate of drug-likeness (QED) is 0.850. The van der Waals surface area contributed by atoms with E-state index in [0.29, 0.717) is 0 Å². The fourth-order valence-electron chi connectivity index (χ4n) is 4.07. The van der Waals surface area contributed by atoms with Crippen LogP contribution in [0.2, 0.25) is 0 Å². The summed E-state index contributed by atoms with van der Waals surface area (Å²) in [6, 6.07) is 0. The number of hydrogen-bond acceptors (Lipinski definition) is 4. The van der Waals surface area contributed by atoms with E-state index in [1.165, 1.54) is 0 Å². The minimum Gasteiger partial charge on any atom is -0.465 e. The van der Waals surface area contributed by atoms with E-state index in [1.54, 1.807) is 12.4 Å². The molecule has 126 valence electrons. The first kappa shape index (κ1) is 15.4. The molecule has 5 heteroatoms. The van der Waals surface area contributed by atoms with Gasteiger partial charge in [-0.25, -0.2) is 0 Å². The van der Waals surface area contributed by atoms with Crippen LogP contribution in [0.1, 0.15) is 64.7 Å². The second kappa shape index (κ2) is 6.38. The van der Waals surface area contributed by atoms with Crippen LogP contribution < -0.4 is 0 Å². The molecule has 1 saturated heterocycles. The minimum absolute atomic E-state index is 0.132. The second-order valence-corrected chi connectivity index (χ2v) is 6.86. The first-order valence-corrected chi connectivity index (χ1v) is 8.90. The summed E-state index contributed by atoms with van der Waals surface area (Å²) in [4.78, 5) is 23.7. The Morgan fingerprint density at radius 2 is 2.12 bits per heavy atom. The zero-order valence-corrected chi connectivity index (χ0v) is 14.1. The van der Waals surface area contributed by atoms with E-state index in [9.17, 15) is 4.79 Å². The van der Waals surface area contributed by atoms with Crippen LogP contribution in [0.15, 0.2) is 23.0 Å². The van der Waals surface area contributed by atoms with E-state index in [1.807, 2.05) is 18.0 Å². The third-order valence-corrected chi connectivity index (χ3v) is 5.27. The lowest BCUT2D eigenvalue weighted by molar-refractivity contribution is 0.0703. The maximum absolute atomic E-state index is 13.2. The molecule has 4 rings (SSSR count). The van der Waals surface area contributed by atoms with Crippen molar-refractivity contribution in [2.24, 2.45) is 0 Å². The molecule has 2 aromatic rings. The molecule has 0 spiro atoms. The molecule has 3 heterocycles. The number of amides is 1. The number of nitrogens with zero attached hydrogens (tertiary/aromatic N) is 3. The van der Waals surface area contributed by atoms with Crippen LogP contribution in [0.5, 0.6) is 0 Å². The fraction of sp³-hybridized carbons (Fsp3) is 0.526. The molecule has 0 bridgehead atoms. The highest BCUT2D eigenvalue weighted by molar-refractivity contribution is 5.97. The number of carbonyl (C=O) groups is 1. The standard InChI is InChI=1S/C19H23N3O2/c1-13-18(15-6-2-3-7-17(15)24-13)19(23)22-10-4-5-14(12-22)16-11-20-8-9-21-16/h8-9,11,14H,2-7,10,12H2,1H3. The van der Waals surface area contributed by atoms with Crippen molar-refractivity contribution >= 4 is 5.91 Å². The van der Waals surface area contributed by atoms with E-state index in [-0.39, 0.29) is 11.8 Å². The second-order valence-electron chi connectivity index (χ2n) is 6.86. The fourth-order valence-corrected chi connectivity index (χ4v) is 4.07. The Labute approximate surface area is 142 Å². The van der Waals surface area contributed by atoms with Gasteiger partial charge >= 0.3 is 0 Å². The summed E-state index contributed by atoms with van der Waals surface area (Å²) in [5, 5.41) is 0. The van der Waals surface area contributed by atoms with Gasteiger partial charge in [-0.3, -0.25) is 14.8 Å². The van der Waals surface area contributed by atoms with Crippen LogP contribution >= 0.6 is 0 Å². The minimum atomic E-state index is 0.132. The van der Waals surface area contributed by atoms with Crippen molar-refractivity contribution in [2.45, 2.75) is 51.4 Å². The number of aryl methyl sites for hydroxylation is 2. The molecule has 1 atom stereocenters. The summed E-state index contributed by atoms with van der Waals surface area (Å²) < 4.78 is 5.89. The molecule has 1 fully saturated rings. The average molecular weight is 325 g/mol. The van der Waals surface area contributed by atoms with Gasteiger partial charge in [-0.2, -0.15) is 0 Å². The van der Waals surface area contributed by atoms with Gasteiger partial charge < -0.3 is 9.32 Å². The number of fused-ring (bicyclic) bond motifs is 1. The summed E-state index contributed by atoms with van der Waals surface area (Å²) >= 11 is 0. The van der Waals surface area contributed by atoms with Gasteiger partial charge in [0.25, 0.3) is 5.91 Å². The van der Waals surface area contributed by atoms with Gasteiger partial charge in [0.15, 0.2) is 0 Å². The number of carbonyl (C=O) groups excluding carboxylic acids is 1. The molecule has 0 radical (unpaired) electrons. The van der Waals surface area contributed by atoms with Gasteiger partial charge in [-0.15, -0.1) is 0 Å². The summed E-state index contributed by atoms with van der Waals surface area (Å²) in [7, 11) is 0. The van der Waals surface area contributed by atoms with Gasteiger partial charge in [0.2, 0.25) is 0 Å². The van der Waals surface area contributed by atoms with Gasteiger partial charge in [-0.1, -0.05) is 0 Å². The summed E-state index contributed by atoms with van der Waals surface area (Å²) in [5.41, 5.74) is 2.97. The third-order valence-electron chi connectivity index (χ3n) is 5.27. The van der Waals surface area contributed by atoms with E-state index < -0.39 is 0 Å². The zero-order chi connectivity index (χ0) is 16.5. The maximum Gasteiger partial charge on any atom is 0.257 e. The molecule has 2 aliphatic rings. The van der Waals surface area contributed by atoms with E-state index in [4.69, 9.17) is 4.42 Å². The van der Waals surface area contributed by atoms with Crippen molar-refractivity contribution < 1.29 is 9.21 Å². The molecule has 1 amide bonds. The van der Waals surface area contributed by atoms with E-state index in [2.05, 4.69) is 9.97 Å². The van der Waals surface area contributed by atoms with Gasteiger partial charge in [0.1, 0.15) is 11.5 Å². The third kappa shape index (κ3) is 2.72. The predicted octanol–water partition coefficient (Wildman–Crippen LogP) is 3.28. The molecule has 2 aromatic heterocycles. The average Bonchev–Trinajstić information content (AvgIpc) is 2.97. The van der Waals surface area contributed by atoms with Crippen LogP contribution in [0.3, 0.4) is 0 Å². The molecule has 1 aliphatic carbocycles. The van der Waals surface area contributed by atoms with Crippen LogP contribution in [-0.2, 0) is 12.8 Å². The Balaban J connectivity index is 1.57. The first-order chi connectivity index (χ1) is 11.7. The summed E-state index contributed by atoms with van der Waals surface area (Å²) in [6.07, 6.45) is 11.5. The smallest absolute Gasteiger partial charge is 0.257 e. The topological polar surface area (TPSA) is 59.2 Å². The SMILES string of the molecule is Cc1oc2c(c1C(=O)N1CCCC(c3cnccn3)C1)CCCC2. The van der Waals surface area contributed by atoms with Crippen molar-refractivity contribution in [1.82, 2.24) is 14.9 Å². The first-order valence-electron chi connectivity index (χ1n) is 8.90. The number of piperidine rings is 1. The monoisotopic (exact) mass is 325 g/mol. The molecule has 5 nitrogen and oxygen atoms in total. The van der Waals surface area contributed by atoms with E-state index in [0.717, 1.165) is 80.0 Å². The number of aromatic nitrogens is 2. The molecule has 0 N–H and O–H groups in total. The summed E-state index contributed by atoms with van der Waals surface area (Å²) in [5.74, 6) is 2.23. The lowest BCUT2D eigenvalue weighted by atomic mass is 9.92. The Kier molecular flexibility index (Phi) is 4.08. The highest BCUT2D eigenvalue weighted by Crippen LogP contribution is 2.32. The van der Waals surface area contributed by atoms with Crippen LogP contribution in [0, 0.1) is 6.92 Å². The van der Waals surface area contributed by atoms with Crippen molar-refractivity contribution in [3.05, 3.63) is 46.9 Å². The van der Waals surface area contributed by atoms with Crippen LogP contribution in [0.4, 0.5) is 0 Å². The molecule has 24 heavy (non-hydrogen) atoms. The van der Waals surface area contributed by atoms with Gasteiger partial charge in [-0.05, 0) is 39.0 Å². The largest absolute Gasteiger partial charge is 0.465 e. The molecule has 0 aromatic carbocycles. The Morgan fingerprint density at radius 3 is 2.96 bits per heavy atom. The molecule has 0 saturated carbocycles. The number of rotatable bonds is 2. The lowest BCUT2D eigenvalue weighted by Gasteiger charge is -2.32. The van der Waals surface area contributed by atoms with E-state index >= 15 is 0 Å². The van der Waals surface area contributed by atoms with Crippen LogP contribution in [-0.4, -0.2) is 33.9 Å². The molecular formula is C19H23N3O2. The van der Waals surface area contributed by atoms with Crippen molar-refractivity contribution in [1.29, 1.82) is 0 Å². The molecule has 1 unspecified atom stereocenters. The predicted molar refractivity (Wildman–Crippen MR) is 90.0 cm³/mol. The number of hydrogen-bond donors (Lipinski definition) is 0. The highest BCUT2D eigenvalue weighted by atomic mass is 16.3. The van der Waals surface area contributed by atoms with Gasteiger partial charge in [0, 0.05) is 49.6 Å². The maximum atomic E-state index is 13.2. The molecular weight excluding hydrogens is 302 g/mol. The summed E-state index contributed by atoms with van der Waals surface area (Å²) in [6.45, 7) is 3.46. The van der Waals surface area contributed by atoms with Crippen molar-refractivity contribution in [2.75, 3.05) is 13.1 Å². The van der Waals surface area contributed by atoms with Crippen molar-refractivity contribution in [3.8, 4) is 0 Å².